The number of ether oxygens (including phenoxy) is 1. The monoisotopic (exact) mass is 418 g/mol. The molecule has 1 N–H and O–H groups in total. The Morgan fingerprint density at radius 2 is 1.75 bits per heavy atom. The van der Waals surface area contributed by atoms with Crippen molar-refractivity contribution in [1.29, 1.82) is 5.26 Å². The quantitative estimate of drug-likeness (QED) is 0.449. The van der Waals surface area contributed by atoms with Gasteiger partial charge in [0.15, 0.2) is 0 Å². The number of fused-ring (bicyclic) bond motifs is 1. The van der Waals surface area contributed by atoms with Crippen molar-refractivity contribution in [1.82, 2.24) is 14.5 Å². The number of rotatable bonds is 4. The molecule has 0 aliphatic rings. The van der Waals surface area contributed by atoms with E-state index in [9.17, 15) is 10.1 Å². The molecule has 0 radical (unpaired) electrons. The summed E-state index contributed by atoms with van der Waals surface area (Å²) in [4.78, 5) is 21.5. The second-order valence-corrected chi connectivity index (χ2v) is 7.28. The van der Waals surface area contributed by atoms with E-state index in [4.69, 9.17) is 9.72 Å². The molecule has 6 heteroatoms. The summed E-state index contributed by atoms with van der Waals surface area (Å²) in [5.74, 6) is 1.35. The van der Waals surface area contributed by atoms with Crippen molar-refractivity contribution in [3.8, 4) is 40.0 Å². The molecule has 0 saturated heterocycles. The van der Waals surface area contributed by atoms with Crippen molar-refractivity contribution in [3.63, 3.8) is 0 Å². The van der Waals surface area contributed by atoms with Crippen LogP contribution >= 0.6 is 0 Å². The van der Waals surface area contributed by atoms with E-state index in [1.165, 1.54) is 0 Å². The van der Waals surface area contributed by atoms with Crippen LogP contribution in [0.3, 0.4) is 0 Å². The highest BCUT2D eigenvalue weighted by Crippen LogP contribution is 2.28. The van der Waals surface area contributed by atoms with Crippen LogP contribution in [-0.2, 0) is 0 Å². The van der Waals surface area contributed by atoms with E-state index in [2.05, 4.69) is 11.1 Å². The number of para-hydroxylation sites is 1. The number of nitriles is 1. The molecule has 0 bridgehead atoms. The molecule has 0 fully saturated rings. The number of aromatic nitrogens is 3. The number of aromatic amines is 1. The molecule has 32 heavy (non-hydrogen) atoms. The fourth-order valence-corrected chi connectivity index (χ4v) is 3.75. The molecule has 0 unspecified atom stereocenters. The van der Waals surface area contributed by atoms with Crippen molar-refractivity contribution >= 4 is 11.0 Å². The highest BCUT2D eigenvalue weighted by atomic mass is 16.5. The summed E-state index contributed by atoms with van der Waals surface area (Å²) in [7, 11) is 1.62. The lowest BCUT2D eigenvalue weighted by atomic mass is 10.00. The number of imidazole rings is 1. The van der Waals surface area contributed by atoms with Crippen molar-refractivity contribution in [3.05, 3.63) is 101 Å². The third-order valence-electron chi connectivity index (χ3n) is 5.35. The van der Waals surface area contributed by atoms with Gasteiger partial charge < -0.3 is 9.72 Å². The molecule has 0 aliphatic heterocycles. The summed E-state index contributed by atoms with van der Waals surface area (Å²) in [5, 5.41) is 9.60. The highest BCUT2D eigenvalue weighted by Gasteiger charge is 2.16. The van der Waals surface area contributed by atoms with Gasteiger partial charge in [-0.25, -0.2) is 4.98 Å². The van der Waals surface area contributed by atoms with E-state index in [0.717, 1.165) is 28.0 Å². The van der Waals surface area contributed by atoms with Crippen LogP contribution in [0, 0.1) is 11.3 Å². The first-order valence-electron chi connectivity index (χ1n) is 10.0. The van der Waals surface area contributed by atoms with E-state index < -0.39 is 0 Å². The minimum absolute atomic E-state index is 0.208. The molecule has 0 atom stereocenters. The van der Waals surface area contributed by atoms with Crippen LogP contribution in [0.5, 0.6) is 5.75 Å². The topological polar surface area (TPSA) is 83.7 Å². The van der Waals surface area contributed by atoms with E-state index in [1.54, 1.807) is 42.1 Å². The standard InChI is InChI=1S/C26H18N4O2/c1-32-20-11-12-23-24(14-20)29-25(28-23)18-13-22(21-10-6-5-7-17(21)15-27)26(31)30(16-18)19-8-3-2-4-9-19/h2-14,16H,1H3,(H,28,29). The summed E-state index contributed by atoms with van der Waals surface area (Å²) in [6.07, 6.45) is 1.77. The van der Waals surface area contributed by atoms with Crippen LogP contribution in [0.2, 0.25) is 0 Å². The van der Waals surface area contributed by atoms with Gasteiger partial charge in [-0.2, -0.15) is 5.26 Å². The largest absolute Gasteiger partial charge is 0.497 e. The molecule has 154 valence electrons. The Kier molecular flexibility index (Phi) is 4.77. The van der Waals surface area contributed by atoms with E-state index >= 15 is 0 Å². The van der Waals surface area contributed by atoms with E-state index in [0.29, 0.717) is 22.5 Å². The predicted octanol–water partition coefficient (Wildman–Crippen LogP) is 4.93. The van der Waals surface area contributed by atoms with Crippen molar-refractivity contribution in [2.45, 2.75) is 0 Å². The summed E-state index contributed by atoms with van der Waals surface area (Å²) in [6, 6.07) is 26.1. The maximum Gasteiger partial charge on any atom is 0.263 e. The maximum atomic E-state index is 13.5. The van der Waals surface area contributed by atoms with Crippen LogP contribution in [-0.4, -0.2) is 21.6 Å². The van der Waals surface area contributed by atoms with Gasteiger partial charge >= 0.3 is 0 Å². The lowest BCUT2D eigenvalue weighted by Gasteiger charge is -2.12. The highest BCUT2D eigenvalue weighted by molar-refractivity contribution is 5.82. The van der Waals surface area contributed by atoms with Gasteiger partial charge in [0, 0.05) is 34.6 Å². The zero-order valence-electron chi connectivity index (χ0n) is 17.2. The number of nitrogens with one attached hydrogen (secondary N) is 1. The third-order valence-corrected chi connectivity index (χ3v) is 5.35. The number of H-pyrrole nitrogens is 1. The molecule has 0 amide bonds. The van der Waals surface area contributed by atoms with Crippen LogP contribution in [0.4, 0.5) is 0 Å². The van der Waals surface area contributed by atoms with Gasteiger partial charge in [-0.05, 0) is 36.4 Å². The third kappa shape index (κ3) is 3.32. The fourth-order valence-electron chi connectivity index (χ4n) is 3.75. The average Bonchev–Trinajstić information content (AvgIpc) is 3.28. The summed E-state index contributed by atoms with van der Waals surface area (Å²) >= 11 is 0. The second kappa shape index (κ2) is 7.89. The van der Waals surface area contributed by atoms with Crippen molar-refractivity contribution in [2.75, 3.05) is 7.11 Å². The summed E-state index contributed by atoms with van der Waals surface area (Å²) in [6.45, 7) is 0. The van der Waals surface area contributed by atoms with Crippen LogP contribution in [0.15, 0.2) is 89.9 Å². The molecular weight excluding hydrogens is 400 g/mol. The molecule has 0 aliphatic carbocycles. The van der Waals surface area contributed by atoms with Crippen LogP contribution in [0.1, 0.15) is 5.56 Å². The molecular formula is C26H18N4O2. The molecule has 0 spiro atoms. The lowest BCUT2D eigenvalue weighted by molar-refractivity contribution is 0.415. The zero-order valence-corrected chi connectivity index (χ0v) is 17.2. The van der Waals surface area contributed by atoms with E-state index in [1.807, 2.05) is 54.6 Å². The average molecular weight is 418 g/mol. The minimum Gasteiger partial charge on any atom is -0.497 e. The number of nitrogens with zero attached hydrogens (tertiary/aromatic N) is 3. The first-order chi connectivity index (χ1) is 15.7. The first-order valence-corrected chi connectivity index (χ1v) is 10.0. The Morgan fingerprint density at radius 3 is 2.53 bits per heavy atom. The van der Waals surface area contributed by atoms with Gasteiger partial charge in [0.2, 0.25) is 0 Å². The molecule has 6 nitrogen and oxygen atoms in total. The number of pyridine rings is 1. The second-order valence-electron chi connectivity index (χ2n) is 7.28. The molecule has 2 aromatic heterocycles. The Hall–Kier alpha value is -4.63. The van der Waals surface area contributed by atoms with Gasteiger partial charge in [0.05, 0.1) is 29.8 Å². The Labute approximate surface area is 184 Å². The molecule has 3 aromatic carbocycles. The van der Waals surface area contributed by atoms with Crippen molar-refractivity contribution < 1.29 is 4.74 Å². The molecule has 0 saturated carbocycles. The lowest BCUT2D eigenvalue weighted by Crippen LogP contribution is -2.20. The van der Waals surface area contributed by atoms with Gasteiger partial charge in [-0.15, -0.1) is 0 Å². The first kappa shape index (κ1) is 19.3. The maximum absolute atomic E-state index is 13.5. The van der Waals surface area contributed by atoms with Crippen LogP contribution in [0.25, 0.3) is 39.2 Å². The van der Waals surface area contributed by atoms with Gasteiger partial charge in [-0.3, -0.25) is 9.36 Å². The molecule has 5 rings (SSSR count). The van der Waals surface area contributed by atoms with Gasteiger partial charge in [0.25, 0.3) is 5.56 Å². The predicted molar refractivity (Wildman–Crippen MR) is 124 cm³/mol. The fraction of sp³-hybridized carbons (Fsp3) is 0.0385. The van der Waals surface area contributed by atoms with Gasteiger partial charge in [0.1, 0.15) is 11.6 Å². The summed E-state index contributed by atoms with van der Waals surface area (Å²) < 4.78 is 6.90. The van der Waals surface area contributed by atoms with Gasteiger partial charge in [-0.1, -0.05) is 36.4 Å². The van der Waals surface area contributed by atoms with Crippen LogP contribution < -0.4 is 10.3 Å². The molecule has 2 heterocycles. The van der Waals surface area contributed by atoms with Crippen molar-refractivity contribution in [2.24, 2.45) is 0 Å². The number of benzene rings is 3. The SMILES string of the molecule is COc1ccc2nc(-c3cc(-c4ccccc4C#N)c(=O)n(-c4ccccc4)c3)[nH]c2c1. The number of hydrogen-bond acceptors (Lipinski definition) is 4. The normalized spacial score (nSPS) is 10.8. The van der Waals surface area contributed by atoms with E-state index in [-0.39, 0.29) is 5.56 Å². The Bertz CT molecular complexity index is 1540. The number of methoxy groups -OCH3 is 1. The minimum atomic E-state index is -0.208. The number of hydrogen-bond donors (Lipinski definition) is 1. The Morgan fingerprint density at radius 1 is 0.969 bits per heavy atom. The smallest absolute Gasteiger partial charge is 0.263 e. The Balaban J connectivity index is 1.78. The molecule has 5 aromatic rings. The summed E-state index contributed by atoms with van der Waals surface area (Å²) in [5.41, 5.74) is 4.33. The zero-order chi connectivity index (χ0) is 22.1.